The van der Waals surface area contributed by atoms with Gasteiger partial charge in [0.15, 0.2) is 0 Å². The summed E-state index contributed by atoms with van der Waals surface area (Å²) >= 11 is 0. The van der Waals surface area contributed by atoms with Crippen molar-refractivity contribution < 1.29 is 8.78 Å². The van der Waals surface area contributed by atoms with Crippen LogP contribution in [0.25, 0.3) is 0 Å². The molecule has 1 aromatic rings. The zero-order valence-corrected chi connectivity index (χ0v) is 12.3. The molecule has 0 radical (unpaired) electrons. The molecule has 4 fully saturated rings. The molecule has 1 aromatic carbocycles. The Morgan fingerprint density at radius 1 is 1.00 bits per heavy atom. The fourth-order valence-corrected chi connectivity index (χ4v) is 5.74. The van der Waals surface area contributed by atoms with E-state index in [0.717, 1.165) is 29.7 Å². The molecule has 1 atom stereocenters. The first-order valence-corrected chi connectivity index (χ1v) is 8.29. The predicted molar refractivity (Wildman–Crippen MR) is 78.6 cm³/mol. The molecule has 1 unspecified atom stereocenters. The third-order valence-corrected chi connectivity index (χ3v) is 6.26. The Morgan fingerprint density at radius 3 is 2.19 bits per heavy atom. The zero-order chi connectivity index (χ0) is 14.6. The lowest BCUT2D eigenvalue weighted by molar-refractivity contribution is -0.0465. The minimum atomic E-state index is -0.514. The Kier molecular flexibility index (Phi) is 3.29. The van der Waals surface area contributed by atoms with Crippen LogP contribution in [-0.4, -0.2) is 6.04 Å². The Labute approximate surface area is 124 Å². The van der Waals surface area contributed by atoms with Gasteiger partial charge in [-0.2, -0.15) is 0 Å². The SMILES string of the molecule is NC(Cc1ccc(F)cc1F)C1C2CC3CC(C2)CC1C3. The Bertz CT molecular complexity index is 514. The van der Waals surface area contributed by atoms with Gasteiger partial charge in [0.2, 0.25) is 0 Å². The van der Waals surface area contributed by atoms with Gasteiger partial charge in [-0.25, -0.2) is 8.78 Å². The van der Waals surface area contributed by atoms with Gasteiger partial charge in [-0.05, 0) is 79.7 Å². The zero-order valence-electron chi connectivity index (χ0n) is 12.3. The average molecular weight is 291 g/mol. The summed E-state index contributed by atoms with van der Waals surface area (Å²) in [6.45, 7) is 0. The first-order chi connectivity index (χ1) is 10.1. The maximum Gasteiger partial charge on any atom is 0.129 e. The molecule has 0 spiro atoms. The summed E-state index contributed by atoms with van der Waals surface area (Å²) < 4.78 is 26.8. The predicted octanol–water partition coefficient (Wildman–Crippen LogP) is 3.91. The molecule has 1 nitrogen and oxygen atoms in total. The maximum atomic E-state index is 13.8. The van der Waals surface area contributed by atoms with E-state index in [1.54, 1.807) is 6.07 Å². The standard InChI is InChI=1S/C18H23F2N/c19-15-2-1-12(16(20)9-15)8-17(21)18-13-4-10-3-11(6-13)7-14(18)5-10/h1-2,9-11,13-14,17-18H,3-8,21H2. The third-order valence-electron chi connectivity index (χ3n) is 6.26. The normalized spacial score (nSPS) is 38.7. The highest BCUT2D eigenvalue weighted by molar-refractivity contribution is 5.20. The number of hydrogen-bond donors (Lipinski definition) is 1. The van der Waals surface area contributed by atoms with Gasteiger partial charge in [-0.3, -0.25) is 0 Å². The van der Waals surface area contributed by atoms with Crippen LogP contribution >= 0.6 is 0 Å². The first-order valence-electron chi connectivity index (χ1n) is 8.29. The van der Waals surface area contributed by atoms with Gasteiger partial charge < -0.3 is 5.73 Å². The van der Waals surface area contributed by atoms with Crippen molar-refractivity contribution in [1.29, 1.82) is 0 Å². The molecule has 3 heteroatoms. The van der Waals surface area contributed by atoms with Crippen LogP contribution in [0.1, 0.15) is 37.7 Å². The number of hydrogen-bond acceptors (Lipinski definition) is 1. The van der Waals surface area contributed by atoms with Crippen molar-refractivity contribution in [3.05, 3.63) is 35.4 Å². The van der Waals surface area contributed by atoms with Crippen LogP contribution in [0, 0.1) is 41.2 Å². The third kappa shape index (κ3) is 2.40. The van der Waals surface area contributed by atoms with Crippen LogP contribution in [-0.2, 0) is 6.42 Å². The summed E-state index contributed by atoms with van der Waals surface area (Å²) in [5.41, 5.74) is 7.04. The largest absolute Gasteiger partial charge is 0.327 e. The smallest absolute Gasteiger partial charge is 0.129 e. The molecule has 4 aliphatic rings. The lowest BCUT2D eigenvalue weighted by atomic mass is 9.50. The fourth-order valence-electron chi connectivity index (χ4n) is 5.74. The van der Waals surface area contributed by atoms with Gasteiger partial charge >= 0.3 is 0 Å². The van der Waals surface area contributed by atoms with Crippen LogP contribution in [0.4, 0.5) is 8.78 Å². The summed E-state index contributed by atoms with van der Waals surface area (Å²) in [5.74, 6) is 2.94. The Hall–Kier alpha value is -0.960. The van der Waals surface area contributed by atoms with Crippen molar-refractivity contribution in [2.75, 3.05) is 0 Å². The van der Waals surface area contributed by atoms with Gasteiger partial charge in [0, 0.05) is 12.1 Å². The molecule has 2 N–H and O–H groups in total. The number of rotatable bonds is 3. The van der Waals surface area contributed by atoms with E-state index in [0.29, 0.717) is 17.9 Å². The lowest BCUT2D eigenvalue weighted by Crippen LogP contribution is -2.52. The van der Waals surface area contributed by atoms with Crippen LogP contribution in [0.3, 0.4) is 0 Å². The minimum absolute atomic E-state index is 0.0139. The molecule has 0 amide bonds. The first kappa shape index (κ1) is 13.7. The van der Waals surface area contributed by atoms with Crippen LogP contribution < -0.4 is 5.73 Å². The van der Waals surface area contributed by atoms with E-state index >= 15 is 0 Å². The van der Waals surface area contributed by atoms with Crippen molar-refractivity contribution in [2.24, 2.45) is 35.3 Å². The molecule has 0 saturated heterocycles. The van der Waals surface area contributed by atoms with Crippen LogP contribution in [0.15, 0.2) is 18.2 Å². The van der Waals surface area contributed by atoms with Crippen molar-refractivity contribution >= 4 is 0 Å². The van der Waals surface area contributed by atoms with Crippen molar-refractivity contribution in [3.63, 3.8) is 0 Å². The van der Waals surface area contributed by atoms with Crippen molar-refractivity contribution in [3.8, 4) is 0 Å². The van der Waals surface area contributed by atoms with Crippen molar-refractivity contribution in [2.45, 2.75) is 44.6 Å². The highest BCUT2D eigenvalue weighted by Crippen LogP contribution is 2.57. The van der Waals surface area contributed by atoms with E-state index in [2.05, 4.69) is 0 Å². The quantitative estimate of drug-likeness (QED) is 0.898. The molecule has 114 valence electrons. The summed E-state index contributed by atoms with van der Waals surface area (Å²) in [6, 6.07) is 3.88. The number of halogens is 2. The monoisotopic (exact) mass is 291 g/mol. The Balaban J connectivity index is 1.51. The molecule has 0 aromatic heterocycles. The molecule has 0 heterocycles. The molecule has 4 aliphatic carbocycles. The molecule has 0 aliphatic heterocycles. The summed E-state index contributed by atoms with van der Waals surface area (Å²) in [5, 5.41) is 0. The molecule has 4 bridgehead atoms. The minimum Gasteiger partial charge on any atom is -0.327 e. The van der Waals surface area contributed by atoms with Crippen molar-refractivity contribution in [1.82, 2.24) is 0 Å². The van der Waals surface area contributed by atoms with E-state index in [4.69, 9.17) is 5.73 Å². The topological polar surface area (TPSA) is 26.0 Å². The molecule has 4 saturated carbocycles. The van der Waals surface area contributed by atoms with E-state index in [1.807, 2.05) is 0 Å². The van der Waals surface area contributed by atoms with Gasteiger partial charge in [-0.1, -0.05) is 6.07 Å². The lowest BCUT2D eigenvalue weighted by Gasteiger charge is -2.56. The fraction of sp³-hybridized carbons (Fsp3) is 0.667. The van der Waals surface area contributed by atoms with E-state index in [-0.39, 0.29) is 6.04 Å². The Morgan fingerprint density at radius 2 is 1.62 bits per heavy atom. The number of nitrogens with two attached hydrogens (primary N) is 1. The summed E-state index contributed by atoms with van der Waals surface area (Å²) in [6.07, 6.45) is 7.30. The number of benzene rings is 1. The van der Waals surface area contributed by atoms with Gasteiger partial charge in [-0.15, -0.1) is 0 Å². The summed E-state index contributed by atoms with van der Waals surface area (Å²) in [4.78, 5) is 0. The van der Waals surface area contributed by atoms with Crippen LogP contribution in [0.5, 0.6) is 0 Å². The maximum absolute atomic E-state index is 13.8. The van der Waals surface area contributed by atoms with E-state index < -0.39 is 11.6 Å². The van der Waals surface area contributed by atoms with E-state index in [1.165, 1.54) is 38.2 Å². The highest BCUT2D eigenvalue weighted by Gasteiger charge is 2.49. The van der Waals surface area contributed by atoms with Gasteiger partial charge in [0.1, 0.15) is 11.6 Å². The van der Waals surface area contributed by atoms with Gasteiger partial charge in [0.05, 0.1) is 0 Å². The van der Waals surface area contributed by atoms with Crippen LogP contribution in [0.2, 0.25) is 0 Å². The molecule has 5 rings (SSSR count). The summed E-state index contributed by atoms with van der Waals surface area (Å²) in [7, 11) is 0. The highest BCUT2D eigenvalue weighted by atomic mass is 19.1. The van der Waals surface area contributed by atoms with E-state index in [9.17, 15) is 8.78 Å². The molecular formula is C18H23F2N. The second-order valence-electron chi connectivity index (χ2n) is 7.61. The second-order valence-corrected chi connectivity index (χ2v) is 7.61. The molecule has 21 heavy (non-hydrogen) atoms. The molecular weight excluding hydrogens is 268 g/mol. The van der Waals surface area contributed by atoms with Gasteiger partial charge in [0.25, 0.3) is 0 Å². The average Bonchev–Trinajstić information content (AvgIpc) is 2.40. The second kappa shape index (κ2) is 5.05.